The van der Waals surface area contributed by atoms with Crippen LogP contribution in [0.5, 0.6) is 0 Å². The summed E-state index contributed by atoms with van der Waals surface area (Å²) in [4.78, 5) is 13.8. The molecule has 0 atom stereocenters. The van der Waals surface area contributed by atoms with Crippen LogP contribution in [0.25, 0.3) is 0 Å². The maximum absolute atomic E-state index is 12.3. The smallest absolute Gasteiger partial charge is 0.258 e. The van der Waals surface area contributed by atoms with E-state index in [1.165, 1.54) is 4.90 Å². The van der Waals surface area contributed by atoms with Gasteiger partial charge in [-0.05, 0) is 30.3 Å². The molecular formula is C14H13ClN2O. The molecule has 0 unspecified atom stereocenters. The second kappa shape index (κ2) is 5.10. The van der Waals surface area contributed by atoms with E-state index in [9.17, 15) is 4.79 Å². The maximum Gasteiger partial charge on any atom is 0.258 e. The van der Waals surface area contributed by atoms with Gasteiger partial charge in [0, 0.05) is 18.3 Å². The van der Waals surface area contributed by atoms with E-state index in [1.54, 1.807) is 43.4 Å². The molecule has 92 valence electrons. The molecule has 0 radical (unpaired) electrons. The molecule has 4 heteroatoms. The summed E-state index contributed by atoms with van der Waals surface area (Å²) < 4.78 is 0. The van der Waals surface area contributed by atoms with E-state index in [1.807, 2.05) is 12.1 Å². The van der Waals surface area contributed by atoms with E-state index < -0.39 is 0 Å². The lowest BCUT2D eigenvalue weighted by atomic mass is 10.1. The Hall–Kier alpha value is -2.00. The first-order valence-electron chi connectivity index (χ1n) is 5.47. The predicted octanol–water partition coefficient (Wildman–Crippen LogP) is 3.20. The summed E-state index contributed by atoms with van der Waals surface area (Å²) in [5.74, 6) is -0.143. The minimum Gasteiger partial charge on any atom is -0.399 e. The molecule has 0 aliphatic rings. The lowest BCUT2D eigenvalue weighted by molar-refractivity contribution is 0.0993. The number of benzene rings is 2. The van der Waals surface area contributed by atoms with Crippen molar-refractivity contribution in [3.05, 3.63) is 59.1 Å². The number of nitrogen functional groups attached to an aromatic ring is 1. The SMILES string of the molecule is CN(C(=O)c1cccc(N)c1)c1ccccc1Cl. The van der Waals surface area contributed by atoms with Gasteiger partial charge in [0.05, 0.1) is 10.7 Å². The van der Waals surface area contributed by atoms with Crippen LogP contribution in [-0.4, -0.2) is 13.0 Å². The van der Waals surface area contributed by atoms with Crippen molar-refractivity contribution in [1.29, 1.82) is 0 Å². The predicted molar refractivity (Wildman–Crippen MR) is 75.0 cm³/mol. The minimum absolute atomic E-state index is 0.143. The Kier molecular flexibility index (Phi) is 3.53. The number of halogens is 1. The zero-order valence-corrected chi connectivity index (χ0v) is 10.7. The van der Waals surface area contributed by atoms with Gasteiger partial charge in [-0.15, -0.1) is 0 Å². The van der Waals surface area contributed by atoms with Crippen LogP contribution in [-0.2, 0) is 0 Å². The molecule has 0 saturated carbocycles. The highest BCUT2D eigenvalue weighted by atomic mass is 35.5. The molecule has 0 aromatic heterocycles. The summed E-state index contributed by atoms with van der Waals surface area (Å²) in [5, 5.41) is 0.539. The molecule has 0 spiro atoms. The third-order valence-corrected chi connectivity index (χ3v) is 2.97. The highest BCUT2D eigenvalue weighted by Crippen LogP contribution is 2.25. The van der Waals surface area contributed by atoms with E-state index in [-0.39, 0.29) is 5.91 Å². The van der Waals surface area contributed by atoms with Gasteiger partial charge >= 0.3 is 0 Å². The third kappa shape index (κ3) is 2.46. The Bertz CT molecular complexity index is 584. The Morgan fingerprint density at radius 3 is 2.56 bits per heavy atom. The molecule has 1 amide bonds. The second-order valence-corrected chi connectivity index (χ2v) is 4.35. The van der Waals surface area contributed by atoms with Crippen molar-refractivity contribution < 1.29 is 4.79 Å². The van der Waals surface area contributed by atoms with Crippen LogP contribution in [0.1, 0.15) is 10.4 Å². The Balaban J connectivity index is 2.32. The number of para-hydroxylation sites is 1. The average Bonchev–Trinajstić information content (AvgIpc) is 2.37. The van der Waals surface area contributed by atoms with Crippen LogP contribution >= 0.6 is 11.6 Å². The first-order valence-corrected chi connectivity index (χ1v) is 5.85. The number of nitrogens with two attached hydrogens (primary N) is 1. The standard InChI is InChI=1S/C14H13ClN2O/c1-17(13-8-3-2-7-12(13)15)14(18)10-5-4-6-11(16)9-10/h2-9H,16H2,1H3. The van der Waals surface area contributed by atoms with Gasteiger partial charge in [-0.3, -0.25) is 4.79 Å². The van der Waals surface area contributed by atoms with Crippen molar-refractivity contribution in [2.45, 2.75) is 0 Å². The summed E-state index contributed by atoms with van der Waals surface area (Å²) >= 11 is 6.06. The second-order valence-electron chi connectivity index (χ2n) is 3.94. The third-order valence-electron chi connectivity index (χ3n) is 2.65. The fourth-order valence-electron chi connectivity index (χ4n) is 1.70. The molecule has 2 aromatic rings. The molecule has 0 aliphatic heterocycles. The van der Waals surface area contributed by atoms with Crippen molar-refractivity contribution in [2.75, 3.05) is 17.7 Å². The van der Waals surface area contributed by atoms with Crippen LogP contribution in [0.3, 0.4) is 0 Å². The highest BCUT2D eigenvalue weighted by Gasteiger charge is 2.15. The zero-order chi connectivity index (χ0) is 13.1. The number of rotatable bonds is 2. The molecule has 0 fully saturated rings. The summed E-state index contributed by atoms with van der Waals surface area (Å²) in [7, 11) is 1.69. The maximum atomic E-state index is 12.3. The Labute approximate surface area is 111 Å². The summed E-state index contributed by atoms with van der Waals surface area (Å²) in [6.45, 7) is 0. The van der Waals surface area contributed by atoms with Crippen molar-refractivity contribution in [1.82, 2.24) is 0 Å². The molecular weight excluding hydrogens is 248 g/mol. The van der Waals surface area contributed by atoms with Crippen molar-refractivity contribution in [3.63, 3.8) is 0 Å². The molecule has 2 rings (SSSR count). The summed E-state index contributed by atoms with van der Waals surface area (Å²) in [6.07, 6.45) is 0. The number of amides is 1. The molecule has 18 heavy (non-hydrogen) atoms. The van der Waals surface area contributed by atoms with Crippen molar-refractivity contribution in [3.8, 4) is 0 Å². The molecule has 3 nitrogen and oxygen atoms in total. The van der Waals surface area contributed by atoms with Crippen LogP contribution in [0.15, 0.2) is 48.5 Å². The fourth-order valence-corrected chi connectivity index (χ4v) is 1.96. The summed E-state index contributed by atoms with van der Waals surface area (Å²) in [5.41, 5.74) is 7.44. The minimum atomic E-state index is -0.143. The number of carbonyl (C=O) groups is 1. The average molecular weight is 261 g/mol. The Morgan fingerprint density at radius 1 is 1.17 bits per heavy atom. The van der Waals surface area contributed by atoms with Gasteiger partial charge in [-0.25, -0.2) is 0 Å². The van der Waals surface area contributed by atoms with Gasteiger partial charge in [-0.2, -0.15) is 0 Å². The molecule has 0 saturated heterocycles. The fraction of sp³-hybridized carbons (Fsp3) is 0.0714. The van der Waals surface area contributed by atoms with Crippen molar-refractivity contribution in [2.24, 2.45) is 0 Å². The van der Waals surface area contributed by atoms with Gasteiger partial charge in [0.1, 0.15) is 0 Å². The quantitative estimate of drug-likeness (QED) is 0.843. The zero-order valence-electron chi connectivity index (χ0n) is 9.93. The first-order chi connectivity index (χ1) is 8.59. The lowest BCUT2D eigenvalue weighted by Gasteiger charge is -2.18. The van der Waals surface area contributed by atoms with Crippen LogP contribution in [0.2, 0.25) is 5.02 Å². The van der Waals surface area contributed by atoms with E-state index in [2.05, 4.69) is 0 Å². The molecule has 0 aliphatic carbocycles. The first kappa shape index (κ1) is 12.5. The number of nitrogens with zero attached hydrogens (tertiary/aromatic N) is 1. The van der Waals surface area contributed by atoms with E-state index in [0.717, 1.165) is 0 Å². The van der Waals surface area contributed by atoms with Crippen LogP contribution in [0, 0.1) is 0 Å². The topological polar surface area (TPSA) is 46.3 Å². The molecule has 0 bridgehead atoms. The Morgan fingerprint density at radius 2 is 1.89 bits per heavy atom. The number of carbonyl (C=O) groups excluding carboxylic acids is 1. The monoisotopic (exact) mass is 260 g/mol. The lowest BCUT2D eigenvalue weighted by Crippen LogP contribution is -2.26. The normalized spacial score (nSPS) is 10.1. The van der Waals surface area contributed by atoms with Crippen molar-refractivity contribution >= 4 is 28.9 Å². The summed E-state index contributed by atoms with van der Waals surface area (Å²) in [6, 6.07) is 14.1. The molecule has 0 heterocycles. The number of anilines is 2. The van der Waals surface area contributed by atoms with Crippen LogP contribution < -0.4 is 10.6 Å². The number of hydrogen-bond acceptors (Lipinski definition) is 2. The van der Waals surface area contributed by atoms with Gasteiger partial charge < -0.3 is 10.6 Å². The highest BCUT2D eigenvalue weighted by molar-refractivity contribution is 6.34. The molecule has 2 N–H and O–H groups in total. The molecule has 2 aromatic carbocycles. The van der Waals surface area contributed by atoms with Crippen LogP contribution in [0.4, 0.5) is 11.4 Å². The van der Waals surface area contributed by atoms with Gasteiger partial charge in [0.25, 0.3) is 5.91 Å². The van der Waals surface area contributed by atoms with Gasteiger partial charge in [-0.1, -0.05) is 29.8 Å². The van der Waals surface area contributed by atoms with Gasteiger partial charge in [0.2, 0.25) is 0 Å². The largest absolute Gasteiger partial charge is 0.399 e. The van der Waals surface area contributed by atoms with Gasteiger partial charge in [0.15, 0.2) is 0 Å². The number of hydrogen-bond donors (Lipinski definition) is 1. The van der Waals surface area contributed by atoms with E-state index in [0.29, 0.717) is 22.0 Å². The van der Waals surface area contributed by atoms with E-state index >= 15 is 0 Å². The van der Waals surface area contributed by atoms with E-state index in [4.69, 9.17) is 17.3 Å².